The van der Waals surface area contributed by atoms with Crippen molar-refractivity contribution in [1.82, 2.24) is 0 Å². The molecule has 1 N–H and O–H groups in total. The first-order valence-corrected chi connectivity index (χ1v) is 13.3. The van der Waals surface area contributed by atoms with E-state index in [1.807, 2.05) is 5.57 Å². The Labute approximate surface area is 186 Å². The molecule has 3 unspecified atom stereocenters. The van der Waals surface area contributed by atoms with Gasteiger partial charge in [0, 0.05) is 6.61 Å². The van der Waals surface area contributed by atoms with Crippen LogP contribution in [0.1, 0.15) is 98.8 Å². The Morgan fingerprint density at radius 1 is 1.07 bits per heavy atom. The van der Waals surface area contributed by atoms with E-state index in [1.165, 1.54) is 57.8 Å². The minimum Gasteiger partial charge on any atom is -0.396 e. The molecule has 0 bridgehead atoms. The van der Waals surface area contributed by atoms with E-state index in [2.05, 4.69) is 52.8 Å². The van der Waals surface area contributed by atoms with Gasteiger partial charge in [-0.1, -0.05) is 64.8 Å². The standard InChI is InChI=1S/C29H48O/c1-6-22(21(3)19-30)11-10-20(2)25-14-15-26-24-13-12-23-9-7-8-17-28(23,4)27(24)16-18-29(25,26)5/h10-12,20-22,24-27,30H,6-9,13-19H2,1-5H3/t20?,21?,22?,24-,25+,26-,27-,28-,29+/m0/s1. The predicted molar refractivity (Wildman–Crippen MR) is 128 cm³/mol. The Kier molecular flexibility index (Phi) is 6.61. The largest absolute Gasteiger partial charge is 0.396 e. The molecule has 0 aromatic rings. The van der Waals surface area contributed by atoms with E-state index in [0.29, 0.717) is 35.2 Å². The summed E-state index contributed by atoms with van der Waals surface area (Å²) in [6.07, 6.45) is 21.7. The van der Waals surface area contributed by atoms with Crippen molar-refractivity contribution in [3.05, 3.63) is 23.8 Å². The lowest BCUT2D eigenvalue weighted by Gasteiger charge is -2.58. The molecule has 4 rings (SSSR count). The van der Waals surface area contributed by atoms with Gasteiger partial charge in [-0.3, -0.25) is 0 Å². The Balaban J connectivity index is 1.50. The van der Waals surface area contributed by atoms with Crippen LogP contribution in [0.2, 0.25) is 0 Å². The van der Waals surface area contributed by atoms with Crippen molar-refractivity contribution < 1.29 is 5.11 Å². The van der Waals surface area contributed by atoms with Crippen LogP contribution >= 0.6 is 0 Å². The second-order valence-electron chi connectivity index (χ2n) is 12.2. The first-order valence-electron chi connectivity index (χ1n) is 13.3. The van der Waals surface area contributed by atoms with Crippen LogP contribution in [0.3, 0.4) is 0 Å². The van der Waals surface area contributed by atoms with Crippen LogP contribution in [0.25, 0.3) is 0 Å². The lowest BCUT2D eigenvalue weighted by atomic mass is 9.47. The van der Waals surface area contributed by atoms with Crippen molar-refractivity contribution in [2.75, 3.05) is 6.61 Å². The lowest BCUT2D eigenvalue weighted by Crippen LogP contribution is -2.49. The molecule has 1 nitrogen and oxygen atoms in total. The minimum absolute atomic E-state index is 0.303. The second kappa shape index (κ2) is 8.76. The molecular formula is C29H48O. The molecule has 0 amide bonds. The van der Waals surface area contributed by atoms with Gasteiger partial charge in [-0.2, -0.15) is 0 Å². The summed E-state index contributed by atoms with van der Waals surface area (Å²) >= 11 is 0. The maximum Gasteiger partial charge on any atom is 0.0462 e. The summed E-state index contributed by atoms with van der Waals surface area (Å²) in [6.45, 7) is 12.6. The SMILES string of the molecule is CCC(C=CC(C)[C@H]1CC[C@H]2[C@@H]3CC=C4CCCC[C@]4(C)[C@H]3CC[C@]12C)C(C)CO. The van der Waals surface area contributed by atoms with E-state index in [1.54, 1.807) is 0 Å². The molecule has 4 aliphatic rings. The monoisotopic (exact) mass is 412 g/mol. The van der Waals surface area contributed by atoms with Crippen LogP contribution in [-0.4, -0.2) is 11.7 Å². The summed E-state index contributed by atoms with van der Waals surface area (Å²) in [5.74, 6) is 5.23. The third-order valence-corrected chi connectivity index (χ3v) is 10.9. The molecule has 30 heavy (non-hydrogen) atoms. The molecule has 0 spiro atoms. The van der Waals surface area contributed by atoms with Gasteiger partial charge in [0.25, 0.3) is 0 Å². The van der Waals surface area contributed by atoms with Gasteiger partial charge in [-0.05, 0) is 110 Å². The number of aliphatic hydroxyl groups is 1. The summed E-state index contributed by atoms with van der Waals surface area (Å²) in [6, 6.07) is 0. The Morgan fingerprint density at radius 2 is 1.87 bits per heavy atom. The van der Waals surface area contributed by atoms with Crippen LogP contribution in [0.15, 0.2) is 23.8 Å². The Bertz CT molecular complexity index is 661. The third kappa shape index (κ3) is 3.66. The van der Waals surface area contributed by atoms with Crippen molar-refractivity contribution in [2.45, 2.75) is 98.8 Å². The Morgan fingerprint density at radius 3 is 2.60 bits per heavy atom. The highest BCUT2D eigenvalue weighted by Gasteiger charge is 2.58. The third-order valence-electron chi connectivity index (χ3n) is 10.9. The summed E-state index contributed by atoms with van der Waals surface area (Å²) < 4.78 is 0. The van der Waals surface area contributed by atoms with E-state index >= 15 is 0 Å². The van der Waals surface area contributed by atoms with Crippen molar-refractivity contribution in [2.24, 2.45) is 52.3 Å². The maximum absolute atomic E-state index is 9.58. The van der Waals surface area contributed by atoms with Gasteiger partial charge in [-0.25, -0.2) is 0 Å². The molecule has 0 radical (unpaired) electrons. The average molecular weight is 413 g/mol. The van der Waals surface area contributed by atoms with Crippen LogP contribution < -0.4 is 0 Å². The van der Waals surface area contributed by atoms with E-state index < -0.39 is 0 Å². The molecule has 3 fully saturated rings. The first-order chi connectivity index (χ1) is 14.3. The smallest absolute Gasteiger partial charge is 0.0462 e. The van der Waals surface area contributed by atoms with Crippen molar-refractivity contribution in [1.29, 1.82) is 0 Å². The van der Waals surface area contributed by atoms with E-state index in [-0.39, 0.29) is 0 Å². The van der Waals surface area contributed by atoms with E-state index in [9.17, 15) is 5.11 Å². The molecule has 0 aliphatic heterocycles. The quantitative estimate of drug-likeness (QED) is 0.441. The van der Waals surface area contributed by atoms with E-state index in [0.717, 1.165) is 30.1 Å². The second-order valence-corrected chi connectivity index (χ2v) is 12.2. The predicted octanol–water partition coefficient (Wildman–Crippen LogP) is 7.80. The zero-order valence-corrected chi connectivity index (χ0v) is 20.5. The van der Waals surface area contributed by atoms with Gasteiger partial charge in [0.15, 0.2) is 0 Å². The van der Waals surface area contributed by atoms with Crippen LogP contribution in [0.4, 0.5) is 0 Å². The minimum atomic E-state index is 0.303. The Hall–Kier alpha value is -0.560. The molecule has 170 valence electrons. The average Bonchev–Trinajstić information content (AvgIpc) is 3.10. The molecule has 4 aliphatic carbocycles. The normalized spacial score (nSPS) is 44.0. The summed E-state index contributed by atoms with van der Waals surface area (Å²) in [5.41, 5.74) is 2.90. The number of aliphatic hydroxyl groups excluding tert-OH is 1. The maximum atomic E-state index is 9.58. The molecule has 3 saturated carbocycles. The lowest BCUT2D eigenvalue weighted by molar-refractivity contribution is -0.0462. The highest BCUT2D eigenvalue weighted by Crippen LogP contribution is 2.67. The molecule has 0 aromatic heterocycles. The molecule has 0 aromatic carbocycles. The molecule has 1 heteroatoms. The zero-order valence-electron chi connectivity index (χ0n) is 20.5. The number of fused-ring (bicyclic) bond motifs is 5. The number of rotatable bonds is 6. The van der Waals surface area contributed by atoms with Crippen molar-refractivity contribution >= 4 is 0 Å². The molecule has 0 heterocycles. The highest BCUT2D eigenvalue weighted by molar-refractivity contribution is 5.24. The number of hydrogen-bond acceptors (Lipinski definition) is 1. The van der Waals surface area contributed by atoms with Gasteiger partial charge in [0.1, 0.15) is 0 Å². The van der Waals surface area contributed by atoms with Gasteiger partial charge in [-0.15, -0.1) is 0 Å². The molecule has 0 saturated heterocycles. The first kappa shape index (κ1) is 22.6. The van der Waals surface area contributed by atoms with Gasteiger partial charge >= 0.3 is 0 Å². The fourth-order valence-electron chi connectivity index (χ4n) is 8.92. The fraction of sp³-hybridized carbons (Fsp3) is 0.862. The van der Waals surface area contributed by atoms with Crippen LogP contribution in [0, 0.1) is 52.3 Å². The van der Waals surface area contributed by atoms with Crippen molar-refractivity contribution in [3.8, 4) is 0 Å². The van der Waals surface area contributed by atoms with E-state index in [4.69, 9.17) is 0 Å². The van der Waals surface area contributed by atoms with Gasteiger partial charge < -0.3 is 5.11 Å². The molecule has 9 atom stereocenters. The van der Waals surface area contributed by atoms with Crippen LogP contribution in [0.5, 0.6) is 0 Å². The number of hydrogen-bond donors (Lipinski definition) is 1. The van der Waals surface area contributed by atoms with Crippen molar-refractivity contribution in [3.63, 3.8) is 0 Å². The summed E-state index contributed by atoms with van der Waals surface area (Å²) in [5, 5.41) is 9.58. The fourth-order valence-corrected chi connectivity index (χ4v) is 8.92. The zero-order chi connectivity index (χ0) is 21.5. The topological polar surface area (TPSA) is 20.2 Å². The van der Waals surface area contributed by atoms with Crippen LogP contribution in [-0.2, 0) is 0 Å². The molecular weight excluding hydrogens is 364 g/mol. The van der Waals surface area contributed by atoms with Gasteiger partial charge in [0.2, 0.25) is 0 Å². The summed E-state index contributed by atoms with van der Waals surface area (Å²) in [7, 11) is 0. The number of allylic oxidation sites excluding steroid dienone is 4. The summed E-state index contributed by atoms with van der Waals surface area (Å²) in [4.78, 5) is 0. The highest BCUT2D eigenvalue weighted by atomic mass is 16.3. The van der Waals surface area contributed by atoms with Gasteiger partial charge in [0.05, 0.1) is 0 Å².